The Morgan fingerprint density at radius 1 is 1.57 bits per heavy atom. The molecule has 0 amide bonds. The van der Waals surface area contributed by atoms with Crippen molar-refractivity contribution in [1.29, 1.82) is 0 Å². The molecule has 1 aliphatic heterocycles. The second-order valence-corrected chi connectivity index (χ2v) is 2.13. The molecule has 1 heteroatoms. The molecule has 0 N–H and O–H groups in total. The summed E-state index contributed by atoms with van der Waals surface area (Å²) in [5.74, 6) is 0.782. The summed E-state index contributed by atoms with van der Waals surface area (Å²) in [4.78, 5) is 4.11. The van der Waals surface area contributed by atoms with Gasteiger partial charge < -0.3 is 0 Å². The Hall–Kier alpha value is -0.850. The SMILES string of the molecule is c1cc2c3c(n1)C23. The molecule has 0 saturated heterocycles. The van der Waals surface area contributed by atoms with Crippen LogP contribution in [-0.4, -0.2) is 4.98 Å². The lowest BCUT2D eigenvalue weighted by atomic mass is 10.3. The van der Waals surface area contributed by atoms with Gasteiger partial charge in [-0.3, -0.25) is 4.98 Å². The largest absolute Gasteiger partial charge is 0.260 e. The molecule has 0 spiro atoms. The standard InChI is InChI=1S/C6H3N/c1-2-7-6-4-3(1)5(4)6/h1-2,4H. The van der Waals surface area contributed by atoms with Crippen molar-refractivity contribution < 1.29 is 0 Å². The van der Waals surface area contributed by atoms with Crippen molar-refractivity contribution in [2.45, 2.75) is 5.92 Å². The Labute approximate surface area is 41.0 Å². The van der Waals surface area contributed by atoms with E-state index < -0.39 is 0 Å². The minimum atomic E-state index is 0.782. The predicted molar refractivity (Wildman–Crippen MR) is 25.2 cm³/mol. The first-order chi connectivity index (χ1) is 3.48. The van der Waals surface area contributed by atoms with Gasteiger partial charge in [0.05, 0.1) is 11.6 Å². The number of hydrogen-bond acceptors (Lipinski definition) is 1. The van der Waals surface area contributed by atoms with Crippen LogP contribution in [0.4, 0.5) is 0 Å². The first-order valence-electron chi connectivity index (χ1n) is 2.47. The molecule has 0 radical (unpaired) electrons. The highest BCUT2D eigenvalue weighted by atomic mass is 14.8. The smallest absolute Gasteiger partial charge is 0.0568 e. The molecule has 3 aliphatic rings. The lowest BCUT2D eigenvalue weighted by molar-refractivity contribution is 1.17. The Kier molecular flexibility index (Phi) is 0.155. The minimum absolute atomic E-state index is 0.782. The maximum Gasteiger partial charge on any atom is 0.0568 e. The predicted octanol–water partition coefficient (Wildman–Crippen LogP) is 0.889. The van der Waals surface area contributed by atoms with Gasteiger partial charge in [0.25, 0.3) is 0 Å². The van der Waals surface area contributed by atoms with Crippen molar-refractivity contribution in [1.82, 2.24) is 4.98 Å². The summed E-state index contributed by atoms with van der Waals surface area (Å²) in [6, 6.07) is 2.10. The maximum absolute atomic E-state index is 4.11. The van der Waals surface area contributed by atoms with Crippen LogP contribution in [0.2, 0.25) is 0 Å². The topological polar surface area (TPSA) is 12.9 Å². The van der Waals surface area contributed by atoms with Crippen molar-refractivity contribution in [3.63, 3.8) is 0 Å². The summed E-state index contributed by atoms with van der Waals surface area (Å²) in [6.45, 7) is 0. The molecule has 4 rings (SSSR count). The third-order valence-electron chi connectivity index (χ3n) is 1.76. The Bertz CT molecular complexity index is 221. The van der Waals surface area contributed by atoms with Crippen molar-refractivity contribution in [2.24, 2.45) is 0 Å². The average Bonchev–Trinajstić information content (AvgIpc) is 2.53. The molecule has 1 atom stereocenters. The molecule has 1 aromatic rings. The van der Waals surface area contributed by atoms with Crippen molar-refractivity contribution in [3.05, 3.63) is 29.1 Å². The number of fused-ring (bicyclic) bond motifs is 2. The Morgan fingerprint density at radius 3 is 2.71 bits per heavy atom. The molecule has 2 bridgehead atoms. The van der Waals surface area contributed by atoms with E-state index in [0.29, 0.717) is 0 Å². The number of pyridine rings is 1. The number of rotatable bonds is 0. The number of nitrogens with zero attached hydrogens (tertiary/aromatic N) is 1. The van der Waals surface area contributed by atoms with Crippen LogP contribution >= 0.6 is 0 Å². The zero-order valence-electron chi connectivity index (χ0n) is 3.68. The van der Waals surface area contributed by atoms with E-state index in [0.717, 1.165) is 5.92 Å². The highest BCUT2D eigenvalue weighted by Gasteiger charge is 2.53. The Balaban J connectivity index is 2.69. The molecular formula is C6H3N. The van der Waals surface area contributed by atoms with E-state index in [4.69, 9.17) is 0 Å². The minimum Gasteiger partial charge on any atom is -0.260 e. The second kappa shape index (κ2) is 0.443. The molecule has 0 saturated carbocycles. The summed E-state index contributed by atoms with van der Waals surface area (Å²) in [7, 11) is 0. The molecular weight excluding hydrogens is 86.1 g/mol. The van der Waals surface area contributed by atoms with E-state index in [1.807, 2.05) is 6.20 Å². The second-order valence-electron chi connectivity index (χ2n) is 2.13. The highest BCUT2D eigenvalue weighted by Crippen LogP contribution is 2.64. The van der Waals surface area contributed by atoms with Crippen LogP contribution in [0.15, 0.2) is 12.3 Å². The monoisotopic (exact) mass is 89.0 g/mol. The first-order valence-corrected chi connectivity index (χ1v) is 2.47. The molecule has 7 heavy (non-hydrogen) atoms. The van der Waals surface area contributed by atoms with Crippen molar-refractivity contribution in [2.75, 3.05) is 0 Å². The fourth-order valence-corrected chi connectivity index (χ4v) is 1.19. The summed E-state index contributed by atoms with van der Waals surface area (Å²) in [5, 5.41) is 0. The fourth-order valence-electron chi connectivity index (χ4n) is 1.19. The van der Waals surface area contributed by atoms with Crippen LogP contribution in [0.25, 0.3) is 0 Å². The highest BCUT2D eigenvalue weighted by molar-refractivity contribution is 5.76. The van der Waals surface area contributed by atoms with Crippen LogP contribution in [0.1, 0.15) is 22.7 Å². The lowest BCUT2D eigenvalue weighted by Crippen LogP contribution is -1.76. The van der Waals surface area contributed by atoms with Crippen molar-refractivity contribution >= 4 is 0 Å². The molecule has 1 nitrogen and oxygen atoms in total. The quantitative estimate of drug-likeness (QED) is 0.398. The lowest BCUT2D eigenvalue weighted by Gasteiger charge is -1.85. The summed E-state index contributed by atoms with van der Waals surface area (Å²) in [5.41, 5.74) is 4.45. The third-order valence-corrected chi connectivity index (χ3v) is 1.76. The van der Waals surface area contributed by atoms with Crippen molar-refractivity contribution in [3.8, 4) is 0 Å². The molecule has 0 aromatic carbocycles. The zero-order valence-corrected chi connectivity index (χ0v) is 3.68. The average molecular weight is 89.1 g/mol. The summed E-state index contributed by atoms with van der Waals surface area (Å²) in [6.07, 6.45) is 1.89. The van der Waals surface area contributed by atoms with E-state index in [-0.39, 0.29) is 0 Å². The van der Waals surface area contributed by atoms with Gasteiger partial charge >= 0.3 is 0 Å². The van der Waals surface area contributed by atoms with Gasteiger partial charge in [0.2, 0.25) is 0 Å². The molecule has 1 aromatic heterocycles. The van der Waals surface area contributed by atoms with Gasteiger partial charge in [0.15, 0.2) is 0 Å². The van der Waals surface area contributed by atoms with Gasteiger partial charge in [-0.2, -0.15) is 0 Å². The van der Waals surface area contributed by atoms with E-state index in [1.165, 1.54) is 5.69 Å². The summed E-state index contributed by atoms with van der Waals surface area (Å²) < 4.78 is 0. The van der Waals surface area contributed by atoms with E-state index >= 15 is 0 Å². The molecule has 2 heterocycles. The Morgan fingerprint density at radius 2 is 2.43 bits per heavy atom. The van der Waals surface area contributed by atoms with Gasteiger partial charge in [0.1, 0.15) is 0 Å². The van der Waals surface area contributed by atoms with E-state index in [1.54, 1.807) is 11.1 Å². The number of aromatic nitrogens is 1. The molecule has 2 aliphatic carbocycles. The van der Waals surface area contributed by atoms with E-state index in [9.17, 15) is 0 Å². The van der Waals surface area contributed by atoms with Gasteiger partial charge in [-0.05, 0) is 17.2 Å². The molecule has 1 unspecified atom stereocenters. The van der Waals surface area contributed by atoms with E-state index in [2.05, 4.69) is 11.1 Å². The number of hydrogen-bond donors (Lipinski definition) is 0. The van der Waals surface area contributed by atoms with Crippen LogP contribution in [0.3, 0.4) is 0 Å². The van der Waals surface area contributed by atoms with Crippen LogP contribution in [0.5, 0.6) is 0 Å². The normalized spacial score (nSPS) is 26.6. The zero-order chi connectivity index (χ0) is 4.43. The molecule has 0 fully saturated rings. The molecule has 32 valence electrons. The first kappa shape index (κ1) is 2.46. The van der Waals surface area contributed by atoms with Gasteiger partial charge in [0, 0.05) is 6.20 Å². The third kappa shape index (κ3) is 0.114. The van der Waals surface area contributed by atoms with Crippen LogP contribution in [0, 0.1) is 0 Å². The fraction of sp³-hybridized carbons (Fsp3) is 0.167. The maximum atomic E-state index is 4.11. The van der Waals surface area contributed by atoms with Gasteiger partial charge in [-0.25, -0.2) is 0 Å². The van der Waals surface area contributed by atoms with Gasteiger partial charge in [-0.1, -0.05) is 0 Å². The summed E-state index contributed by atoms with van der Waals surface area (Å²) >= 11 is 0. The van der Waals surface area contributed by atoms with Crippen LogP contribution < -0.4 is 0 Å². The van der Waals surface area contributed by atoms with Gasteiger partial charge in [-0.15, -0.1) is 0 Å². The van der Waals surface area contributed by atoms with Crippen LogP contribution in [-0.2, 0) is 0 Å².